The summed E-state index contributed by atoms with van der Waals surface area (Å²) in [5.41, 5.74) is 2.35. The van der Waals surface area contributed by atoms with Crippen LogP contribution in [0.1, 0.15) is 24.0 Å². The van der Waals surface area contributed by atoms with E-state index in [1.807, 2.05) is 42.5 Å². The van der Waals surface area contributed by atoms with Crippen molar-refractivity contribution in [2.75, 3.05) is 33.4 Å². The zero-order valence-corrected chi connectivity index (χ0v) is 17.1. The summed E-state index contributed by atoms with van der Waals surface area (Å²) in [5.74, 6) is 0.990. The third-order valence-corrected chi connectivity index (χ3v) is 6.25. The van der Waals surface area contributed by atoms with Gasteiger partial charge in [-0.05, 0) is 42.6 Å². The van der Waals surface area contributed by atoms with E-state index < -0.39 is 0 Å². The van der Waals surface area contributed by atoms with Crippen molar-refractivity contribution in [3.05, 3.63) is 65.7 Å². The molecule has 2 fully saturated rings. The molecule has 1 N–H and O–H groups in total. The van der Waals surface area contributed by atoms with E-state index in [2.05, 4.69) is 22.3 Å². The Balaban J connectivity index is 1.38. The van der Waals surface area contributed by atoms with Crippen molar-refractivity contribution >= 4 is 5.91 Å². The van der Waals surface area contributed by atoms with Gasteiger partial charge in [0.05, 0.1) is 20.1 Å². The molecule has 2 aromatic rings. The van der Waals surface area contributed by atoms with E-state index in [0.717, 1.165) is 57.0 Å². The number of amides is 1. The SMILES string of the molecule is COc1ccc(CN2CC[C@]3(COCC[C@@H]3NC(=O)Cc3ccccc3)C2)cc1. The molecule has 0 saturated carbocycles. The smallest absolute Gasteiger partial charge is 0.224 e. The Hall–Kier alpha value is -2.37. The predicted molar refractivity (Wildman–Crippen MR) is 113 cm³/mol. The zero-order valence-electron chi connectivity index (χ0n) is 17.1. The van der Waals surface area contributed by atoms with E-state index >= 15 is 0 Å². The van der Waals surface area contributed by atoms with Crippen molar-refractivity contribution in [3.63, 3.8) is 0 Å². The summed E-state index contributed by atoms with van der Waals surface area (Å²) in [5, 5.41) is 3.34. The van der Waals surface area contributed by atoms with Crippen LogP contribution in [-0.2, 0) is 22.5 Å². The quantitative estimate of drug-likeness (QED) is 0.818. The summed E-state index contributed by atoms with van der Waals surface area (Å²) in [6.07, 6.45) is 2.38. The standard InChI is InChI=1S/C24H30N2O3/c1-28-21-9-7-20(8-10-21)16-26-13-12-24(17-26)18-29-14-11-22(24)25-23(27)15-19-5-3-2-4-6-19/h2-10,22H,11-18H2,1H3,(H,25,27)/t22-,24+/m0/s1. The van der Waals surface area contributed by atoms with Gasteiger partial charge in [-0.25, -0.2) is 0 Å². The number of hydrogen-bond acceptors (Lipinski definition) is 4. The van der Waals surface area contributed by atoms with Crippen molar-refractivity contribution < 1.29 is 14.3 Å². The molecule has 154 valence electrons. The largest absolute Gasteiger partial charge is 0.497 e. The molecule has 29 heavy (non-hydrogen) atoms. The minimum absolute atomic E-state index is 0.0110. The summed E-state index contributed by atoms with van der Waals surface area (Å²) in [7, 11) is 1.69. The van der Waals surface area contributed by atoms with Crippen molar-refractivity contribution in [2.24, 2.45) is 5.41 Å². The van der Waals surface area contributed by atoms with Crippen LogP contribution in [0.4, 0.5) is 0 Å². The fraction of sp³-hybridized carbons (Fsp3) is 0.458. The van der Waals surface area contributed by atoms with E-state index in [4.69, 9.17) is 9.47 Å². The van der Waals surface area contributed by atoms with Gasteiger partial charge in [-0.3, -0.25) is 9.69 Å². The maximum absolute atomic E-state index is 12.7. The van der Waals surface area contributed by atoms with Crippen LogP contribution in [0.2, 0.25) is 0 Å². The van der Waals surface area contributed by atoms with Gasteiger partial charge in [0.1, 0.15) is 5.75 Å². The van der Waals surface area contributed by atoms with Crippen LogP contribution < -0.4 is 10.1 Å². The lowest BCUT2D eigenvalue weighted by Crippen LogP contribution is -2.55. The number of hydrogen-bond donors (Lipinski definition) is 1. The third-order valence-electron chi connectivity index (χ3n) is 6.25. The summed E-state index contributed by atoms with van der Waals surface area (Å²) in [6.45, 7) is 4.34. The third kappa shape index (κ3) is 4.80. The Morgan fingerprint density at radius 3 is 2.72 bits per heavy atom. The normalized spacial score (nSPS) is 24.5. The molecule has 4 rings (SSSR count). The number of nitrogens with zero attached hydrogens (tertiary/aromatic N) is 1. The van der Waals surface area contributed by atoms with Crippen molar-refractivity contribution in [3.8, 4) is 5.75 Å². The van der Waals surface area contributed by atoms with E-state index in [-0.39, 0.29) is 17.4 Å². The first-order chi connectivity index (χ1) is 14.2. The molecular weight excluding hydrogens is 364 g/mol. The molecule has 1 amide bonds. The molecule has 5 heteroatoms. The number of nitrogens with one attached hydrogen (secondary N) is 1. The number of carbonyl (C=O) groups excluding carboxylic acids is 1. The first-order valence-corrected chi connectivity index (χ1v) is 10.4. The second-order valence-electron chi connectivity index (χ2n) is 8.29. The summed E-state index contributed by atoms with van der Waals surface area (Å²) < 4.78 is 11.1. The van der Waals surface area contributed by atoms with Gasteiger partial charge >= 0.3 is 0 Å². The highest BCUT2D eigenvalue weighted by Gasteiger charge is 2.47. The Labute approximate surface area is 173 Å². The van der Waals surface area contributed by atoms with Crippen LogP contribution in [0.5, 0.6) is 5.75 Å². The molecule has 0 unspecified atom stereocenters. The van der Waals surface area contributed by atoms with Gasteiger partial charge in [0.15, 0.2) is 0 Å². The highest BCUT2D eigenvalue weighted by Crippen LogP contribution is 2.39. The van der Waals surface area contributed by atoms with Gasteiger partial charge in [-0.2, -0.15) is 0 Å². The summed E-state index contributed by atoms with van der Waals surface area (Å²) >= 11 is 0. The number of carbonyl (C=O) groups is 1. The molecule has 0 bridgehead atoms. The second-order valence-corrected chi connectivity index (χ2v) is 8.29. The highest BCUT2D eigenvalue weighted by atomic mass is 16.5. The van der Waals surface area contributed by atoms with Gasteiger partial charge in [0.25, 0.3) is 0 Å². The summed E-state index contributed by atoms with van der Waals surface area (Å²) in [6, 6.07) is 18.4. The Bertz CT molecular complexity index is 809. The van der Waals surface area contributed by atoms with Crippen LogP contribution >= 0.6 is 0 Å². The van der Waals surface area contributed by atoms with Crippen LogP contribution in [0.3, 0.4) is 0 Å². The molecule has 2 aliphatic heterocycles. The van der Waals surface area contributed by atoms with Crippen LogP contribution in [0, 0.1) is 5.41 Å². The number of likely N-dealkylation sites (tertiary alicyclic amines) is 1. The maximum Gasteiger partial charge on any atom is 0.224 e. The van der Waals surface area contributed by atoms with Gasteiger partial charge < -0.3 is 14.8 Å². The van der Waals surface area contributed by atoms with E-state index in [1.54, 1.807) is 7.11 Å². The number of benzene rings is 2. The van der Waals surface area contributed by atoms with Crippen molar-refractivity contribution in [1.82, 2.24) is 10.2 Å². The first kappa shape index (κ1) is 19.9. The van der Waals surface area contributed by atoms with Crippen LogP contribution in [-0.4, -0.2) is 50.3 Å². The average Bonchev–Trinajstić information content (AvgIpc) is 3.14. The van der Waals surface area contributed by atoms with Crippen LogP contribution in [0.15, 0.2) is 54.6 Å². The monoisotopic (exact) mass is 394 g/mol. The first-order valence-electron chi connectivity index (χ1n) is 10.4. The number of rotatable bonds is 6. The second kappa shape index (κ2) is 8.97. The topological polar surface area (TPSA) is 50.8 Å². The fourth-order valence-electron chi connectivity index (χ4n) is 4.65. The molecule has 0 aliphatic carbocycles. The minimum Gasteiger partial charge on any atom is -0.497 e. The van der Waals surface area contributed by atoms with E-state index in [0.29, 0.717) is 6.42 Å². The maximum atomic E-state index is 12.7. The predicted octanol–water partition coefficient (Wildman–Crippen LogP) is 3.04. The lowest BCUT2D eigenvalue weighted by Gasteiger charge is -2.41. The molecule has 1 spiro atoms. The Morgan fingerprint density at radius 1 is 1.17 bits per heavy atom. The fourth-order valence-corrected chi connectivity index (χ4v) is 4.65. The molecule has 2 saturated heterocycles. The lowest BCUT2D eigenvalue weighted by atomic mass is 9.77. The molecular formula is C24H30N2O3. The molecule has 0 radical (unpaired) electrons. The average molecular weight is 395 g/mol. The lowest BCUT2D eigenvalue weighted by molar-refractivity contribution is -0.124. The zero-order chi connectivity index (χ0) is 20.1. The van der Waals surface area contributed by atoms with E-state index in [1.165, 1.54) is 5.56 Å². The minimum atomic E-state index is 0.0110. The Morgan fingerprint density at radius 2 is 1.97 bits per heavy atom. The van der Waals surface area contributed by atoms with Gasteiger partial charge in [0, 0.05) is 31.2 Å². The van der Waals surface area contributed by atoms with E-state index in [9.17, 15) is 4.79 Å². The molecule has 2 aromatic carbocycles. The van der Waals surface area contributed by atoms with Gasteiger partial charge in [0.2, 0.25) is 5.91 Å². The Kier molecular flexibility index (Phi) is 6.16. The number of ether oxygens (including phenoxy) is 2. The highest BCUT2D eigenvalue weighted by molar-refractivity contribution is 5.79. The molecule has 5 nitrogen and oxygen atoms in total. The molecule has 2 atom stereocenters. The molecule has 0 aromatic heterocycles. The van der Waals surface area contributed by atoms with Crippen molar-refractivity contribution in [1.29, 1.82) is 0 Å². The summed E-state index contributed by atoms with van der Waals surface area (Å²) in [4.78, 5) is 15.2. The van der Waals surface area contributed by atoms with Gasteiger partial charge in [-0.1, -0.05) is 42.5 Å². The molecule has 2 aliphatic rings. The van der Waals surface area contributed by atoms with Crippen LogP contribution in [0.25, 0.3) is 0 Å². The van der Waals surface area contributed by atoms with Gasteiger partial charge in [-0.15, -0.1) is 0 Å². The number of methoxy groups -OCH3 is 1. The van der Waals surface area contributed by atoms with Crippen molar-refractivity contribution in [2.45, 2.75) is 31.8 Å². The molecule has 2 heterocycles.